The summed E-state index contributed by atoms with van der Waals surface area (Å²) >= 11 is 0. The maximum absolute atomic E-state index is 12.9. The Balaban J connectivity index is 0.000000522. The van der Waals surface area contributed by atoms with Gasteiger partial charge in [0.15, 0.2) is 5.82 Å². The highest BCUT2D eigenvalue weighted by molar-refractivity contribution is 5.90. The summed E-state index contributed by atoms with van der Waals surface area (Å²) in [5, 5.41) is 40.5. The average molecular weight is 895 g/mol. The number of likely N-dealkylation sites (N-methyl/N-ethyl adjacent to an activating group) is 1. The number of carbonyl (C=O) groups is 5. The molecule has 0 unspecified atom stereocenters. The maximum atomic E-state index is 12.9. The third-order valence-corrected chi connectivity index (χ3v) is 8.45. The van der Waals surface area contributed by atoms with Gasteiger partial charge in [-0.1, -0.05) is 6.07 Å². The number of alkyl halides is 12. The number of carboxylic acid groups (broad SMARTS) is 4. The van der Waals surface area contributed by atoms with Crippen molar-refractivity contribution >= 4 is 29.8 Å². The van der Waals surface area contributed by atoms with E-state index in [-0.39, 0.29) is 11.4 Å². The van der Waals surface area contributed by atoms with E-state index >= 15 is 0 Å². The first kappa shape index (κ1) is 52.7. The third-order valence-electron chi connectivity index (χ3n) is 8.45. The van der Waals surface area contributed by atoms with Gasteiger partial charge in [0.25, 0.3) is 5.91 Å². The van der Waals surface area contributed by atoms with E-state index < -0.39 is 48.6 Å². The van der Waals surface area contributed by atoms with Gasteiger partial charge >= 0.3 is 48.6 Å². The molecule has 1 amide bonds. The van der Waals surface area contributed by atoms with Crippen molar-refractivity contribution in [2.45, 2.75) is 69.0 Å². The number of aromatic nitrogens is 4. The van der Waals surface area contributed by atoms with Crippen molar-refractivity contribution in [2.24, 2.45) is 0 Å². The van der Waals surface area contributed by atoms with Gasteiger partial charge in [0.2, 0.25) is 5.82 Å². The number of hydrogen-bond donors (Lipinski definition) is 5. The Kier molecular flexibility index (Phi) is 19.6. The fourth-order valence-electron chi connectivity index (χ4n) is 5.51. The summed E-state index contributed by atoms with van der Waals surface area (Å²) in [7, 11) is 2.19. The predicted octanol–water partition coefficient (Wildman–Crippen LogP) is 3.47. The molecule has 340 valence electrons. The molecule has 29 heteroatoms. The monoisotopic (exact) mass is 894 g/mol. The lowest BCUT2D eigenvalue weighted by atomic mass is 9.83. The van der Waals surface area contributed by atoms with Gasteiger partial charge in [-0.2, -0.15) is 52.7 Å². The van der Waals surface area contributed by atoms with Crippen LogP contribution in [0.5, 0.6) is 0 Å². The van der Waals surface area contributed by atoms with Crippen LogP contribution < -0.4 is 5.32 Å². The molecular weight excluding hydrogens is 856 g/mol. The summed E-state index contributed by atoms with van der Waals surface area (Å²) in [6, 6.07) is 4.13. The van der Waals surface area contributed by atoms with E-state index in [4.69, 9.17) is 39.6 Å². The van der Waals surface area contributed by atoms with Crippen LogP contribution in [0.4, 0.5) is 52.7 Å². The van der Waals surface area contributed by atoms with Crippen molar-refractivity contribution < 1.29 is 97.1 Å². The zero-order valence-electron chi connectivity index (χ0n) is 31.0. The second-order valence-corrected chi connectivity index (χ2v) is 12.6. The number of likely N-dealkylation sites (tertiary alicyclic amines) is 2. The molecule has 3 aliphatic heterocycles. The number of carboxylic acids is 4. The van der Waals surface area contributed by atoms with Gasteiger partial charge in [0, 0.05) is 58.2 Å². The molecule has 2 aromatic heterocycles. The van der Waals surface area contributed by atoms with E-state index in [2.05, 4.69) is 52.9 Å². The highest BCUT2D eigenvalue weighted by Crippen LogP contribution is 2.40. The summed E-state index contributed by atoms with van der Waals surface area (Å²) in [5.74, 6) is -9.71. The third kappa shape index (κ3) is 17.5. The molecule has 17 nitrogen and oxygen atoms in total. The molecule has 0 radical (unpaired) electrons. The van der Waals surface area contributed by atoms with Gasteiger partial charge in [-0.15, -0.1) is 10.2 Å². The standard InChI is InChI=1S/C23H34N8O.4C2HF3O2/c1-28-15-16-31-20(21(32)25-9-14-29-10-2-3-11-29)26-27-22(31)23(28)6-12-30(13-7-23)18-19-5-4-8-24-17-19;4*3-2(4,5)1(6)7/h4-5,8,17H,2-3,6-7,9-16,18H2,1H3,(H,25,32);4*(H,6,7). The Morgan fingerprint density at radius 1 is 0.683 bits per heavy atom. The first-order valence-corrected chi connectivity index (χ1v) is 16.9. The van der Waals surface area contributed by atoms with Crippen molar-refractivity contribution in [3.63, 3.8) is 0 Å². The summed E-state index contributed by atoms with van der Waals surface area (Å²) in [4.78, 5) is 60.0. The van der Waals surface area contributed by atoms with Crippen LogP contribution >= 0.6 is 0 Å². The number of piperidine rings is 1. The van der Waals surface area contributed by atoms with Gasteiger partial charge in [0.1, 0.15) is 0 Å². The lowest BCUT2D eigenvalue weighted by Gasteiger charge is -2.49. The van der Waals surface area contributed by atoms with Crippen molar-refractivity contribution in [3.05, 3.63) is 41.7 Å². The Labute approximate surface area is 330 Å². The van der Waals surface area contributed by atoms with E-state index in [0.29, 0.717) is 12.4 Å². The minimum atomic E-state index is -5.08. The average Bonchev–Trinajstić information content (AvgIpc) is 3.82. The van der Waals surface area contributed by atoms with Gasteiger partial charge in [-0.3, -0.25) is 19.6 Å². The number of pyridine rings is 1. The second-order valence-electron chi connectivity index (χ2n) is 12.6. The van der Waals surface area contributed by atoms with Crippen LogP contribution in [0.3, 0.4) is 0 Å². The van der Waals surface area contributed by atoms with Crippen LogP contribution in [0.25, 0.3) is 0 Å². The molecule has 60 heavy (non-hydrogen) atoms. The molecule has 2 aromatic rings. The molecule has 5 rings (SSSR count). The Hall–Kier alpha value is -5.32. The molecule has 0 aliphatic carbocycles. The van der Waals surface area contributed by atoms with E-state index in [1.807, 2.05) is 18.5 Å². The zero-order chi connectivity index (χ0) is 46.3. The van der Waals surface area contributed by atoms with Gasteiger partial charge < -0.3 is 35.2 Å². The fraction of sp³-hybridized carbons (Fsp3) is 0.613. The van der Waals surface area contributed by atoms with E-state index in [1.165, 1.54) is 18.4 Å². The number of carbonyl (C=O) groups excluding carboxylic acids is 1. The summed E-state index contributed by atoms with van der Waals surface area (Å²) in [6.45, 7) is 8.42. The Morgan fingerprint density at radius 2 is 1.13 bits per heavy atom. The predicted molar refractivity (Wildman–Crippen MR) is 176 cm³/mol. The molecule has 2 fully saturated rings. The summed E-state index contributed by atoms with van der Waals surface area (Å²) in [5.41, 5.74) is 1.10. The molecule has 5 N–H and O–H groups in total. The SMILES string of the molecule is CN1CCn2c(C(=O)NCCN3CCCC3)nnc2C12CCN(Cc1cccnc1)CC2.O=C(O)C(F)(F)F.O=C(O)C(F)(F)F.O=C(O)C(F)(F)F.O=C(O)C(F)(F)F. The van der Waals surface area contributed by atoms with Crippen LogP contribution in [-0.2, 0) is 37.8 Å². The number of halogens is 12. The molecule has 0 aromatic carbocycles. The van der Waals surface area contributed by atoms with Crippen LogP contribution in [0.15, 0.2) is 24.5 Å². The van der Waals surface area contributed by atoms with Gasteiger partial charge in [-0.25, -0.2) is 19.2 Å². The minimum absolute atomic E-state index is 0.100. The Morgan fingerprint density at radius 3 is 1.53 bits per heavy atom. The van der Waals surface area contributed by atoms with Crippen molar-refractivity contribution in [2.75, 3.05) is 52.9 Å². The number of fused-ring (bicyclic) bond motifs is 2. The zero-order valence-corrected chi connectivity index (χ0v) is 31.0. The summed E-state index contributed by atoms with van der Waals surface area (Å²) in [6.07, 6.45) is -12.1. The van der Waals surface area contributed by atoms with Gasteiger partial charge in [0.05, 0.1) is 5.54 Å². The molecule has 0 bridgehead atoms. The molecule has 3 aliphatic rings. The lowest BCUT2D eigenvalue weighted by molar-refractivity contribution is -0.193. The lowest BCUT2D eigenvalue weighted by Crippen LogP contribution is -2.56. The largest absolute Gasteiger partial charge is 0.490 e. The quantitative estimate of drug-likeness (QED) is 0.262. The van der Waals surface area contributed by atoms with E-state index in [9.17, 15) is 57.5 Å². The van der Waals surface area contributed by atoms with E-state index in [1.54, 1.807) is 0 Å². The number of amides is 1. The fourth-order valence-corrected chi connectivity index (χ4v) is 5.51. The van der Waals surface area contributed by atoms with Crippen LogP contribution in [-0.4, -0.2) is 162 Å². The molecule has 2 saturated heterocycles. The molecule has 0 saturated carbocycles. The molecular formula is C31H38F12N8O9. The first-order valence-electron chi connectivity index (χ1n) is 16.9. The maximum Gasteiger partial charge on any atom is 0.490 e. The molecule has 5 heterocycles. The van der Waals surface area contributed by atoms with Crippen molar-refractivity contribution in [1.82, 2.24) is 39.8 Å². The topological polar surface area (TPSA) is 232 Å². The van der Waals surface area contributed by atoms with Crippen molar-refractivity contribution in [1.29, 1.82) is 0 Å². The highest BCUT2D eigenvalue weighted by Gasteiger charge is 2.47. The highest BCUT2D eigenvalue weighted by atomic mass is 19.4. The van der Waals surface area contributed by atoms with Crippen LogP contribution in [0.1, 0.15) is 47.7 Å². The second kappa shape index (κ2) is 22.3. The number of rotatable bonds is 6. The normalized spacial score (nSPS) is 16.8. The van der Waals surface area contributed by atoms with Crippen LogP contribution in [0.2, 0.25) is 0 Å². The molecule has 1 spiro atoms. The Bertz CT molecular complexity index is 1610. The number of hydrogen-bond acceptors (Lipinski definition) is 11. The van der Waals surface area contributed by atoms with Crippen molar-refractivity contribution in [3.8, 4) is 0 Å². The summed E-state index contributed by atoms with van der Waals surface area (Å²) < 4.78 is 129. The number of nitrogens with one attached hydrogen (secondary N) is 1. The number of aliphatic carboxylic acids is 4. The molecule has 0 atom stereocenters. The van der Waals surface area contributed by atoms with Gasteiger partial charge in [-0.05, 0) is 57.5 Å². The first-order chi connectivity index (χ1) is 27.4. The number of nitrogens with zero attached hydrogens (tertiary/aromatic N) is 7. The van der Waals surface area contributed by atoms with E-state index in [0.717, 1.165) is 71.0 Å². The smallest absolute Gasteiger partial charge is 0.475 e. The minimum Gasteiger partial charge on any atom is -0.475 e. The van der Waals surface area contributed by atoms with Crippen LogP contribution in [0, 0.1) is 0 Å².